The second kappa shape index (κ2) is 9.59. The summed E-state index contributed by atoms with van der Waals surface area (Å²) in [6.45, 7) is 1.67. The third kappa shape index (κ3) is 4.79. The molecule has 0 bridgehead atoms. The van der Waals surface area contributed by atoms with Crippen LogP contribution in [0, 0.1) is 0 Å². The summed E-state index contributed by atoms with van der Waals surface area (Å²) in [5, 5.41) is 2.23. The van der Waals surface area contributed by atoms with Gasteiger partial charge in [0.25, 0.3) is 0 Å². The Balaban J connectivity index is 1.64. The summed E-state index contributed by atoms with van der Waals surface area (Å²) >= 11 is 3.55. The predicted octanol–water partition coefficient (Wildman–Crippen LogP) is 3.51. The molecule has 4 N–H and O–H groups in total. The van der Waals surface area contributed by atoms with E-state index in [9.17, 15) is 0 Å². The topological polar surface area (TPSA) is 114 Å². The number of rotatable bonds is 9. The van der Waals surface area contributed by atoms with Crippen molar-refractivity contribution in [2.45, 2.75) is 25.4 Å². The Bertz CT molecular complexity index is 1200. The van der Waals surface area contributed by atoms with E-state index in [0.29, 0.717) is 36.7 Å². The zero-order valence-electron chi connectivity index (χ0n) is 17.3. The molecule has 2 aromatic carbocycles. The van der Waals surface area contributed by atoms with Crippen LogP contribution in [-0.2, 0) is 11.3 Å². The molecule has 2 heterocycles. The van der Waals surface area contributed by atoms with Crippen molar-refractivity contribution in [3.8, 4) is 5.75 Å². The first-order valence-electron chi connectivity index (χ1n) is 10.1. The number of fused-ring (bicyclic) bond motifs is 2. The molecule has 0 fully saturated rings. The second-order valence-corrected chi connectivity index (χ2v) is 8.33. The van der Waals surface area contributed by atoms with Crippen molar-refractivity contribution in [2.24, 2.45) is 5.73 Å². The van der Waals surface area contributed by atoms with E-state index in [-0.39, 0.29) is 6.04 Å². The Morgan fingerprint density at radius 1 is 1.16 bits per heavy atom. The molecule has 0 aliphatic carbocycles. The first-order chi connectivity index (χ1) is 15.1. The number of halogens is 1. The summed E-state index contributed by atoms with van der Waals surface area (Å²) < 4.78 is 14.3. The molecule has 31 heavy (non-hydrogen) atoms. The highest BCUT2D eigenvalue weighted by Crippen LogP contribution is 2.32. The molecule has 0 unspecified atom stereocenters. The number of nitrogens with two attached hydrogens (primary N) is 2. The molecular formula is C22H25BrN6O2. The number of imidazole rings is 1. The van der Waals surface area contributed by atoms with Crippen molar-refractivity contribution in [1.82, 2.24) is 19.5 Å². The number of ether oxygens (including phenoxy) is 2. The third-order valence-electron chi connectivity index (χ3n) is 5.17. The van der Waals surface area contributed by atoms with Gasteiger partial charge in [0.2, 0.25) is 0 Å². The minimum atomic E-state index is 0.0180. The average Bonchev–Trinajstić information content (AvgIpc) is 3.16. The SMILES string of the molecule is COC[C@H](N)CCCOc1ccc2cc(Br)ccc2c1Cn1cnc2c(N)ncnc21. The number of methoxy groups -OCH3 is 1. The van der Waals surface area contributed by atoms with E-state index in [1.807, 2.05) is 16.7 Å². The van der Waals surface area contributed by atoms with Crippen molar-refractivity contribution < 1.29 is 9.47 Å². The van der Waals surface area contributed by atoms with Gasteiger partial charge < -0.3 is 25.5 Å². The zero-order chi connectivity index (χ0) is 21.8. The molecule has 4 rings (SSSR count). The number of anilines is 1. The number of aromatic nitrogens is 4. The van der Waals surface area contributed by atoms with Crippen molar-refractivity contribution in [3.63, 3.8) is 0 Å². The van der Waals surface area contributed by atoms with Gasteiger partial charge in [-0.3, -0.25) is 0 Å². The van der Waals surface area contributed by atoms with E-state index in [2.05, 4.69) is 49.1 Å². The molecule has 1 atom stereocenters. The molecule has 2 aromatic heterocycles. The first kappa shape index (κ1) is 21.5. The minimum absolute atomic E-state index is 0.0180. The molecule has 9 heteroatoms. The van der Waals surface area contributed by atoms with Gasteiger partial charge in [0, 0.05) is 23.2 Å². The smallest absolute Gasteiger partial charge is 0.165 e. The van der Waals surface area contributed by atoms with Crippen molar-refractivity contribution in [3.05, 3.63) is 53.0 Å². The zero-order valence-corrected chi connectivity index (χ0v) is 18.9. The monoisotopic (exact) mass is 484 g/mol. The fourth-order valence-electron chi connectivity index (χ4n) is 3.65. The Labute approximate surface area is 188 Å². The first-order valence-corrected chi connectivity index (χ1v) is 10.9. The van der Waals surface area contributed by atoms with Gasteiger partial charge in [-0.25, -0.2) is 15.0 Å². The molecule has 0 radical (unpaired) electrons. The highest BCUT2D eigenvalue weighted by atomic mass is 79.9. The Hall–Kier alpha value is -2.75. The fourth-order valence-corrected chi connectivity index (χ4v) is 4.03. The van der Waals surface area contributed by atoms with E-state index in [1.54, 1.807) is 13.4 Å². The maximum absolute atomic E-state index is 6.19. The van der Waals surface area contributed by atoms with Gasteiger partial charge in [-0.2, -0.15) is 0 Å². The minimum Gasteiger partial charge on any atom is -0.493 e. The predicted molar refractivity (Wildman–Crippen MR) is 125 cm³/mol. The molecule has 162 valence electrons. The van der Waals surface area contributed by atoms with Crippen LogP contribution in [0.4, 0.5) is 5.82 Å². The summed E-state index contributed by atoms with van der Waals surface area (Å²) in [4.78, 5) is 12.8. The Kier molecular flexibility index (Phi) is 6.64. The van der Waals surface area contributed by atoms with Crippen LogP contribution in [0.1, 0.15) is 18.4 Å². The van der Waals surface area contributed by atoms with Gasteiger partial charge in [-0.15, -0.1) is 0 Å². The van der Waals surface area contributed by atoms with E-state index in [0.717, 1.165) is 39.4 Å². The normalized spacial score (nSPS) is 12.5. The number of nitrogens with zero attached hydrogens (tertiary/aromatic N) is 4. The van der Waals surface area contributed by atoms with Crippen LogP contribution in [0.2, 0.25) is 0 Å². The number of benzene rings is 2. The number of hydrogen-bond donors (Lipinski definition) is 2. The van der Waals surface area contributed by atoms with Crippen molar-refractivity contribution in [1.29, 1.82) is 0 Å². The van der Waals surface area contributed by atoms with Crippen LogP contribution < -0.4 is 16.2 Å². The highest BCUT2D eigenvalue weighted by molar-refractivity contribution is 9.10. The van der Waals surface area contributed by atoms with E-state index < -0.39 is 0 Å². The van der Waals surface area contributed by atoms with Crippen LogP contribution in [0.3, 0.4) is 0 Å². The van der Waals surface area contributed by atoms with Crippen LogP contribution in [0.5, 0.6) is 5.75 Å². The summed E-state index contributed by atoms with van der Waals surface area (Å²) in [5.41, 5.74) is 14.3. The van der Waals surface area contributed by atoms with Crippen molar-refractivity contribution >= 4 is 43.7 Å². The van der Waals surface area contributed by atoms with Gasteiger partial charge in [-0.1, -0.05) is 28.1 Å². The lowest BCUT2D eigenvalue weighted by molar-refractivity contribution is 0.172. The van der Waals surface area contributed by atoms with Gasteiger partial charge in [-0.05, 0) is 41.8 Å². The molecular weight excluding hydrogens is 460 g/mol. The lowest BCUT2D eigenvalue weighted by Gasteiger charge is -2.16. The van der Waals surface area contributed by atoms with Crippen LogP contribution in [0.15, 0.2) is 47.5 Å². The van der Waals surface area contributed by atoms with E-state index in [1.165, 1.54) is 6.33 Å². The molecule has 0 saturated carbocycles. The van der Waals surface area contributed by atoms with Crippen LogP contribution >= 0.6 is 15.9 Å². The van der Waals surface area contributed by atoms with Crippen molar-refractivity contribution in [2.75, 3.05) is 26.1 Å². The van der Waals surface area contributed by atoms with E-state index in [4.69, 9.17) is 20.9 Å². The van der Waals surface area contributed by atoms with Gasteiger partial charge in [0.15, 0.2) is 11.5 Å². The van der Waals surface area contributed by atoms with Crippen LogP contribution in [-0.4, -0.2) is 45.9 Å². The van der Waals surface area contributed by atoms with Gasteiger partial charge in [0.05, 0.1) is 26.1 Å². The Morgan fingerprint density at radius 2 is 2.03 bits per heavy atom. The molecule has 0 aliphatic rings. The molecule has 8 nitrogen and oxygen atoms in total. The maximum Gasteiger partial charge on any atom is 0.165 e. The largest absolute Gasteiger partial charge is 0.493 e. The summed E-state index contributed by atoms with van der Waals surface area (Å²) in [6, 6.07) is 10.3. The van der Waals surface area contributed by atoms with Gasteiger partial charge >= 0.3 is 0 Å². The maximum atomic E-state index is 6.19. The molecule has 0 spiro atoms. The molecule has 0 saturated heterocycles. The second-order valence-electron chi connectivity index (χ2n) is 7.42. The highest BCUT2D eigenvalue weighted by Gasteiger charge is 2.14. The molecule has 0 amide bonds. The lowest BCUT2D eigenvalue weighted by atomic mass is 10.0. The summed E-state index contributed by atoms with van der Waals surface area (Å²) in [7, 11) is 1.66. The average molecular weight is 485 g/mol. The standard InChI is InChI=1S/C22H25BrN6O2/c1-30-11-16(24)3-2-8-31-19-7-4-14-9-15(23)5-6-17(14)18(19)10-29-13-28-20-21(25)26-12-27-22(20)29/h4-7,9,12-13,16H,2-3,8,10-11,24H2,1H3,(H2,25,26,27)/t16-/m1/s1. The van der Waals surface area contributed by atoms with Gasteiger partial charge in [0.1, 0.15) is 17.6 Å². The summed E-state index contributed by atoms with van der Waals surface area (Å²) in [5.74, 6) is 1.20. The Morgan fingerprint density at radius 3 is 2.87 bits per heavy atom. The third-order valence-corrected chi connectivity index (χ3v) is 5.66. The summed E-state index contributed by atoms with van der Waals surface area (Å²) in [6.07, 6.45) is 4.88. The fraction of sp³-hybridized carbons (Fsp3) is 0.318. The molecule has 4 aromatic rings. The number of hydrogen-bond acceptors (Lipinski definition) is 7. The van der Waals surface area contributed by atoms with Crippen LogP contribution in [0.25, 0.3) is 21.9 Å². The molecule has 0 aliphatic heterocycles. The quantitative estimate of drug-likeness (QED) is 0.349. The van der Waals surface area contributed by atoms with E-state index >= 15 is 0 Å². The number of nitrogen functional groups attached to an aromatic ring is 1. The lowest BCUT2D eigenvalue weighted by Crippen LogP contribution is -2.25.